The van der Waals surface area contributed by atoms with Gasteiger partial charge in [0.15, 0.2) is 5.78 Å². The number of benzene rings is 4. The van der Waals surface area contributed by atoms with Gasteiger partial charge in [0.2, 0.25) is 10.0 Å². The van der Waals surface area contributed by atoms with Gasteiger partial charge < -0.3 is 10.6 Å². The van der Waals surface area contributed by atoms with Crippen molar-refractivity contribution < 1.29 is 22.8 Å². The van der Waals surface area contributed by atoms with E-state index >= 15 is 0 Å². The normalized spacial score (nSPS) is 11.2. The molecule has 0 spiro atoms. The van der Waals surface area contributed by atoms with Crippen LogP contribution in [-0.4, -0.2) is 43.4 Å². The van der Waals surface area contributed by atoms with Gasteiger partial charge in [-0.3, -0.25) is 14.4 Å². The first-order chi connectivity index (χ1) is 19.6. The molecule has 2 amide bonds. The van der Waals surface area contributed by atoms with Crippen molar-refractivity contribution in [3.05, 3.63) is 125 Å². The molecular formula is C32H31N3O5S. The molecule has 41 heavy (non-hydrogen) atoms. The fraction of sp³-hybridized carbons (Fsp3) is 0.156. The number of carbonyl (C=O) groups excluding carboxylic acids is 3. The molecule has 8 nitrogen and oxygen atoms in total. The fourth-order valence-corrected chi connectivity index (χ4v) is 5.82. The maximum Gasteiger partial charge on any atom is 0.257 e. The zero-order chi connectivity index (χ0) is 29.6. The number of anilines is 2. The quantitative estimate of drug-likeness (QED) is 0.236. The minimum absolute atomic E-state index is 0.0940. The van der Waals surface area contributed by atoms with Gasteiger partial charge in [-0.25, -0.2) is 8.42 Å². The van der Waals surface area contributed by atoms with Gasteiger partial charge in [0.05, 0.1) is 21.8 Å². The summed E-state index contributed by atoms with van der Waals surface area (Å²) in [5.74, 6) is -1.24. The second-order valence-corrected chi connectivity index (χ2v) is 11.2. The molecule has 0 saturated heterocycles. The summed E-state index contributed by atoms with van der Waals surface area (Å²) in [6.45, 7) is 6.06. The van der Waals surface area contributed by atoms with Crippen molar-refractivity contribution in [3.8, 4) is 0 Å². The lowest BCUT2D eigenvalue weighted by Gasteiger charge is -2.18. The highest BCUT2D eigenvalue weighted by Gasteiger charge is 2.22. The first-order valence-corrected chi connectivity index (χ1v) is 14.6. The van der Waals surface area contributed by atoms with Crippen LogP contribution in [0.25, 0.3) is 0 Å². The van der Waals surface area contributed by atoms with E-state index in [0.717, 1.165) is 5.56 Å². The Morgan fingerprint density at radius 1 is 0.659 bits per heavy atom. The van der Waals surface area contributed by atoms with Gasteiger partial charge in [-0.2, -0.15) is 4.31 Å². The first kappa shape index (κ1) is 29.4. The van der Waals surface area contributed by atoms with E-state index in [9.17, 15) is 22.8 Å². The molecule has 0 fully saturated rings. The number of carbonyl (C=O) groups is 3. The smallest absolute Gasteiger partial charge is 0.257 e. The Labute approximate surface area is 240 Å². The molecule has 4 rings (SSSR count). The summed E-state index contributed by atoms with van der Waals surface area (Å²) < 4.78 is 26.9. The topological polar surface area (TPSA) is 113 Å². The number of hydrogen-bond donors (Lipinski definition) is 2. The minimum atomic E-state index is -3.66. The van der Waals surface area contributed by atoms with Crippen molar-refractivity contribution in [2.24, 2.45) is 0 Å². The second kappa shape index (κ2) is 12.7. The molecule has 0 bridgehead atoms. The van der Waals surface area contributed by atoms with Gasteiger partial charge in [0.25, 0.3) is 11.8 Å². The van der Waals surface area contributed by atoms with Crippen LogP contribution >= 0.6 is 0 Å². The Kier molecular flexibility index (Phi) is 9.11. The van der Waals surface area contributed by atoms with Gasteiger partial charge in [-0.05, 0) is 55.5 Å². The molecule has 9 heteroatoms. The molecule has 0 aliphatic heterocycles. The SMILES string of the molecule is CCN(CC)S(=O)(=O)c1ccc(C(=O)Nc2ccccc2C(=O)Nc2ccc(C)cc2C(=O)c2ccccc2)cc1. The van der Waals surface area contributed by atoms with Gasteiger partial charge in [-0.15, -0.1) is 0 Å². The predicted molar refractivity (Wildman–Crippen MR) is 160 cm³/mol. The van der Waals surface area contributed by atoms with Crippen LogP contribution in [0.1, 0.15) is 56.0 Å². The monoisotopic (exact) mass is 569 g/mol. The van der Waals surface area contributed by atoms with Crippen LogP contribution in [0.3, 0.4) is 0 Å². The zero-order valence-electron chi connectivity index (χ0n) is 23.0. The van der Waals surface area contributed by atoms with Crippen LogP contribution in [0.2, 0.25) is 0 Å². The number of nitrogens with zero attached hydrogens (tertiary/aromatic N) is 1. The Balaban J connectivity index is 1.55. The van der Waals surface area contributed by atoms with Gasteiger partial charge >= 0.3 is 0 Å². The fourth-order valence-electron chi connectivity index (χ4n) is 4.37. The molecule has 210 valence electrons. The van der Waals surface area contributed by atoms with E-state index in [1.807, 2.05) is 13.0 Å². The number of ketones is 1. The van der Waals surface area contributed by atoms with Crippen LogP contribution in [0.4, 0.5) is 11.4 Å². The van der Waals surface area contributed by atoms with Gasteiger partial charge in [-0.1, -0.05) is 67.9 Å². The Morgan fingerprint density at radius 3 is 1.90 bits per heavy atom. The van der Waals surface area contributed by atoms with E-state index in [0.29, 0.717) is 29.9 Å². The molecule has 0 heterocycles. The van der Waals surface area contributed by atoms with Crippen LogP contribution in [-0.2, 0) is 10.0 Å². The second-order valence-electron chi connectivity index (χ2n) is 9.31. The third-order valence-electron chi connectivity index (χ3n) is 6.58. The Bertz CT molecular complexity index is 1680. The summed E-state index contributed by atoms with van der Waals surface area (Å²) in [6.07, 6.45) is 0. The van der Waals surface area contributed by atoms with Crippen LogP contribution < -0.4 is 10.6 Å². The highest BCUT2D eigenvalue weighted by Crippen LogP contribution is 2.24. The maximum absolute atomic E-state index is 13.4. The van der Waals surface area contributed by atoms with Crippen molar-refractivity contribution in [1.82, 2.24) is 4.31 Å². The van der Waals surface area contributed by atoms with Crippen molar-refractivity contribution in [2.75, 3.05) is 23.7 Å². The maximum atomic E-state index is 13.4. The summed E-state index contributed by atoms with van der Waals surface area (Å²) in [5, 5.41) is 5.56. The first-order valence-electron chi connectivity index (χ1n) is 13.2. The number of aryl methyl sites for hydroxylation is 1. The average Bonchev–Trinajstić information content (AvgIpc) is 2.99. The van der Waals surface area contributed by atoms with E-state index in [1.165, 1.54) is 28.6 Å². The summed E-state index contributed by atoms with van der Waals surface area (Å²) >= 11 is 0. The third-order valence-corrected chi connectivity index (χ3v) is 8.65. The number of nitrogens with one attached hydrogen (secondary N) is 2. The van der Waals surface area contributed by atoms with E-state index in [4.69, 9.17) is 0 Å². The van der Waals surface area contributed by atoms with Gasteiger partial charge in [0, 0.05) is 29.8 Å². The zero-order valence-corrected chi connectivity index (χ0v) is 23.9. The molecule has 0 aliphatic carbocycles. The Hall–Kier alpha value is -4.60. The molecule has 0 aromatic heterocycles. The largest absolute Gasteiger partial charge is 0.321 e. The number of para-hydroxylation sites is 1. The van der Waals surface area contributed by atoms with E-state index in [-0.39, 0.29) is 27.5 Å². The van der Waals surface area contributed by atoms with E-state index < -0.39 is 21.8 Å². The highest BCUT2D eigenvalue weighted by molar-refractivity contribution is 7.89. The van der Waals surface area contributed by atoms with Crippen LogP contribution in [0.15, 0.2) is 102 Å². The molecule has 2 N–H and O–H groups in total. The van der Waals surface area contributed by atoms with E-state index in [2.05, 4.69) is 10.6 Å². The molecule has 0 aliphatic rings. The lowest BCUT2D eigenvalue weighted by molar-refractivity contribution is 0.102. The minimum Gasteiger partial charge on any atom is -0.321 e. The summed E-state index contributed by atoms with van der Waals surface area (Å²) in [7, 11) is -3.66. The molecule has 0 saturated carbocycles. The summed E-state index contributed by atoms with van der Waals surface area (Å²) in [6, 6.07) is 26.2. The summed E-state index contributed by atoms with van der Waals surface area (Å²) in [5.41, 5.74) is 2.75. The lowest BCUT2D eigenvalue weighted by Crippen LogP contribution is -2.30. The molecule has 0 atom stereocenters. The highest BCUT2D eigenvalue weighted by atomic mass is 32.2. The standard InChI is InChI=1S/C32H31N3O5S/c1-4-35(5-2)41(39,40)25-18-16-24(17-19-25)31(37)33-28-14-10-9-13-26(28)32(38)34-29-20-15-22(3)21-27(29)30(36)23-11-7-6-8-12-23/h6-21H,4-5H2,1-3H3,(H,33,37)(H,34,38). The van der Waals surface area contributed by atoms with E-state index in [1.54, 1.807) is 80.6 Å². The number of hydrogen-bond acceptors (Lipinski definition) is 5. The molecule has 4 aromatic carbocycles. The van der Waals surface area contributed by atoms with Crippen LogP contribution in [0, 0.1) is 6.92 Å². The van der Waals surface area contributed by atoms with Crippen molar-refractivity contribution in [2.45, 2.75) is 25.7 Å². The number of sulfonamides is 1. The summed E-state index contributed by atoms with van der Waals surface area (Å²) in [4.78, 5) is 39.7. The molecule has 0 radical (unpaired) electrons. The van der Waals surface area contributed by atoms with Crippen molar-refractivity contribution >= 4 is 39.0 Å². The average molecular weight is 570 g/mol. The van der Waals surface area contributed by atoms with Gasteiger partial charge in [0.1, 0.15) is 0 Å². The lowest BCUT2D eigenvalue weighted by atomic mass is 9.99. The third kappa shape index (κ3) is 6.59. The predicted octanol–water partition coefficient (Wildman–Crippen LogP) is 5.76. The molecular weight excluding hydrogens is 538 g/mol. The number of amides is 2. The molecule has 0 unspecified atom stereocenters. The van der Waals surface area contributed by atoms with Crippen LogP contribution in [0.5, 0.6) is 0 Å². The number of rotatable bonds is 10. The van der Waals surface area contributed by atoms with Crippen molar-refractivity contribution in [3.63, 3.8) is 0 Å². The Morgan fingerprint density at radius 2 is 1.24 bits per heavy atom. The van der Waals surface area contributed by atoms with Crippen molar-refractivity contribution in [1.29, 1.82) is 0 Å². The molecule has 4 aromatic rings.